The molecule has 0 heterocycles. The van der Waals surface area contributed by atoms with Gasteiger partial charge in [0.25, 0.3) is 0 Å². The second kappa shape index (κ2) is 22.6. The largest absolute Gasteiger partial charge is 0.463 e. The summed E-state index contributed by atoms with van der Waals surface area (Å²) >= 11 is 0. The Morgan fingerprint density at radius 2 is 1.05 bits per heavy atom. The summed E-state index contributed by atoms with van der Waals surface area (Å²) in [5.41, 5.74) is 0. The SMILES string of the molecule is C=CC(=O)OCCCCCCOC1CCC(C(=O)OC2CCC(OCCCCCCOC3CCC(C#CC)CC3)CC2)CC1. The number of hydrogen-bond donors (Lipinski definition) is 0. The second-order valence-electron chi connectivity index (χ2n) is 13.0. The average Bonchev–Trinajstić information content (AvgIpc) is 3.05. The number of ether oxygens (including phenoxy) is 5. The van der Waals surface area contributed by atoms with Crippen LogP contribution in [0.5, 0.6) is 0 Å². The van der Waals surface area contributed by atoms with E-state index < -0.39 is 0 Å². The molecule has 3 aliphatic rings. The molecule has 0 atom stereocenters. The first kappa shape index (κ1) is 36.6. The third kappa shape index (κ3) is 15.4. The maximum Gasteiger partial charge on any atom is 0.330 e. The number of unbranched alkanes of at least 4 members (excludes halogenated alkanes) is 6. The lowest BCUT2D eigenvalue weighted by molar-refractivity contribution is -0.159. The zero-order valence-electron chi connectivity index (χ0n) is 27.6. The second-order valence-corrected chi connectivity index (χ2v) is 13.0. The molecular weight excluding hydrogens is 556 g/mol. The molecule has 0 bridgehead atoms. The minimum Gasteiger partial charge on any atom is -0.463 e. The number of carbonyl (C=O) groups excluding carboxylic acids is 2. The van der Waals surface area contributed by atoms with Crippen LogP contribution in [0.25, 0.3) is 0 Å². The fourth-order valence-electron chi connectivity index (χ4n) is 6.72. The predicted molar refractivity (Wildman–Crippen MR) is 173 cm³/mol. The van der Waals surface area contributed by atoms with Crippen molar-refractivity contribution in [2.24, 2.45) is 11.8 Å². The molecule has 7 nitrogen and oxygen atoms in total. The molecule has 0 unspecified atom stereocenters. The van der Waals surface area contributed by atoms with Gasteiger partial charge in [0.05, 0.1) is 30.8 Å². The molecule has 0 radical (unpaired) electrons. The van der Waals surface area contributed by atoms with Crippen molar-refractivity contribution in [1.29, 1.82) is 0 Å². The summed E-state index contributed by atoms with van der Waals surface area (Å²) in [5, 5.41) is 0. The Morgan fingerprint density at radius 3 is 1.52 bits per heavy atom. The van der Waals surface area contributed by atoms with Gasteiger partial charge in [0.15, 0.2) is 0 Å². The molecule has 0 aromatic heterocycles. The van der Waals surface area contributed by atoms with Crippen LogP contribution >= 0.6 is 0 Å². The van der Waals surface area contributed by atoms with E-state index in [1.54, 1.807) is 0 Å². The predicted octanol–water partition coefficient (Wildman–Crippen LogP) is 7.88. The highest BCUT2D eigenvalue weighted by Gasteiger charge is 2.31. The zero-order chi connectivity index (χ0) is 31.2. The fourth-order valence-corrected chi connectivity index (χ4v) is 6.72. The fraction of sp³-hybridized carbons (Fsp3) is 0.838. The molecule has 0 N–H and O–H groups in total. The standard InChI is InChI=1S/C37H60O7/c1-3-13-30-14-18-32(19-15-30)40-26-9-5-6-10-28-42-34-22-24-35(25-23-34)44-37(39)31-16-20-33(21-17-31)41-27-11-7-8-12-29-43-36(38)4-2/h4,30-35H,2,5-12,14-29H2,1H3. The highest BCUT2D eigenvalue weighted by atomic mass is 16.5. The van der Waals surface area contributed by atoms with Crippen LogP contribution in [0.15, 0.2) is 12.7 Å². The molecule has 0 aromatic carbocycles. The lowest BCUT2D eigenvalue weighted by atomic mass is 9.87. The van der Waals surface area contributed by atoms with E-state index in [-0.39, 0.29) is 30.1 Å². The van der Waals surface area contributed by atoms with Crippen LogP contribution in [0.4, 0.5) is 0 Å². The van der Waals surface area contributed by atoms with E-state index in [0.29, 0.717) is 24.7 Å². The maximum absolute atomic E-state index is 12.8. The summed E-state index contributed by atoms with van der Waals surface area (Å²) in [7, 11) is 0. The Hall–Kier alpha value is -1.88. The average molecular weight is 617 g/mol. The van der Waals surface area contributed by atoms with Gasteiger partial charge in [0.1, 0.15) is 6.10 Å². The zero-order valence-corrected chi connectivity index (χ0v) is 27.6. The van der Waals surface area contributed by atoms with Crippen molar-refractivity contribution in [3.8, 4) is 11.8 Å². The van der Waals surface area contributed by atoms with Crippen LogP contribution in [0, 0.1) is 23.7 Å². The van der Waals surface area contributed by atoms with E-state index in [1.165, 1.54) is 31.8 Å². The van der Waals surface area contributed by atoms with E-state index in [2.05, 4.69) is 18.4 Å². The number of carbonyl (C=O) groups is 2. The summed E-state index contributed by atoms with van der Waals surface area (Å²) in [6.07, 6.45) is 22.9. The van der Waals surface area contributed by atoms with Crippen LogP contribution in [0.2, 0.25) is 0 Å². The molecule has 44 heavy (non-hydrogen) atoms. The molecular formula is C37H60O7. The molecule has 3 rings (SSSR count). The summed E-state index contributed by atoms with van der Waals surface area (Å²) < 4.78 is 29.2. The van der Waals surface area contributed by atoms with Crippen LogP contribution in [0.1, 0.15) is 135 Å². The molecule has 3 saturated carbocycles. The number of esters is 2. The van der Waals surface area contributed by atoms with E-state index in [0.717, 1.165) is 123 Å². The monoisotopic (exact) mass is 616 g/mol. The van der Waals surface area contributed by atoms with Gasteiger partial charge in [-0.05, 0) is 116 Å². The Kier molecular flexibility index (Phi) is 18.8. The molecule has 0 amide bonds. The van der Waals surface area contributed by atoms with Gasteiger partial charge in [-0.3, -0.25) is 4.79 Å². The van der Waals surface area contributed by atoms with Gasteiger partial charge < -0.3 is 23.7 Å². The molecule has 0 aliphatic heterocycles. The highest BCUT2D eigenvalue weighted by Crippen LogP contribution is 2.30. The minimum atomic E-state index is -0.356. The van der Waals surface area contributed by atoms with Gasteiger partial charge in [-0.25, -0.2) is 4.79 Å². The highest BCUT2D eigenvalue weighted by molar-refractivity contribution is 5.81. The van der Waals surface area contributed by atoms with Crippen molar-refractivity contribution >= 4 is 11.9 Å². The van der Waals surface area contributed by atoms with E-state index in [1.807, 2.05) is 6.92 Å². The molecule has 0 saturated heterocycles. The maximum atomic E-state index is 12.8. The number of hydrogen-bond acceptors (Lipinski definition) is 7. The summed E-state index contributed by atoms with van der Waals surface area (Å²) in [6, 6.07) is 0. The first-order valence-electron chi connectivity index (χ1n) is 17.8. The third-order valence-electron chi connectivity index (χ3n) is 9.48. The van der Waals surface area contributed by atoms with Crippen LogP contribution in [-0.4, -0.2) is 62.8 Å². The minimum absolute atomic E-state index is 0.00700. The Labute approximate surface area is 267 Å². The number of rotatable bonds is 20. The van der Waals surface area contributed by atoms with Crippen molar-refractivity contribution in [2.75, 3.05) is 26.4 Å². The van der Waals surface area contributed by atoms with E-state index in [4.69, 9.17) is 23.7 Å². The van der Waals surface area contributed by atoms with Crippen molar-refractivity contribution in [3.63, 3.8) is 0 Å². The summed E-state index contributed by atoms with van der Waals surface area (Å²) in [6.45, 7) is 8.25. The Balaban J connectivity index is 1.10. The molecule has 250 valence electrons. The first-order chi connectivity index (χ1) is 21.6. The van der Waals surface area contributed by atoms with Gasteiger partial charge >= 0.3 is 11.9 Å². The first-order valence-corrected chi connectivity index (χ1v) is 17.8. The van der Waals surface area contributed by atoms with Gasteiger partial charge in [0.2, 0.25) is 0 Å². The molecule has 7 heteroatoms. The van der Waals surface area contributed by atoms with Crippen molar-refractivity contribution < 1.29 is 33.3 Å². The summed E-state index contributed by atoms with van der Waals surface area (Å²) in [4.78, 5) is 23.8. The lowest BCUT2D eigenvalue weighted by Crippen LogP contribution is -2.33. The van der Waals surface area contributed by atoms with Gasteiger partial charge in [-0.1, -0.05) is 25.8 Å². The summed E-state index contributed by atoms with van der Waals surface area (Å²) in [5.74, 6) is 6.61. The van der Waals surface area contributed by atoms with Crippen LogP contribution < -0.4 is 0 Å². The Bertz CT molecular complexity index is 853. The van der Waals surface area contributed by atoms with Gasteiger partial charge in [-0.2, -0.15) is 0 Å². The van der Waals surface area contributed by atoms with Crippen molar-refractivity contribution in [3.05, 3.63) is 12.7 Å². The lowest BCUT2D eigenvalue weighted by Gasteiger charge is -2.31. The quantitative estimate of drug-likeness (QED) is 0.0596. The molecule has 0 aromatic rings. The molecule has 0 spiro atoms. The third-order valence-corrected chi connectivity index (χ3v) is 9.48. The normalized spacial score (nSPS) is 27.1. The van der Waals surface area contributed by atoms with Crippen molar-refractivity contribution in [2.45, 2.75) is 160 Å². The topological polar surface area (TPSA) is 80.3 Å². The van der Waals surface area contributed by atoms with Crippen molar-refractivity contribution in [1.82, 2.24) is 0 Å². The van der Waals surface area contributed by atoms with Gasteiger partial charge in [0, 0.05) is 31.8 Å². The smallest absolute Gasteiger partial charge is 0.330 e. The Morgan fingerprint density at radius 1 is 0.614 bits per heavy atom. The van der Waals surface area contributed by atoms with Crippen LogP contribution in [0.3, 0.4) is 0 Å². The van der Waals surface area contributed by atoms with E-state index >= 15 is 0 Å². The van der Waals surface area contributed by atoms with Crippen LogP contribution in [-0.2, 0) is 33.3 Å². The van der Waals surface area contributed by atoms with Gasteiger partial charge in [-0.15, -0.1) is 11.8 Å². The van der Waals surface area contributed by atoms with E-state index in [9.17, 15) is 9.59 Å². The molecule has 3 fully saturated rings. The molecule has 3 aliphatic carbocycles.